The average Bonchev–Trinajstić information content (AvgIpc) is 3.22. The van der Waals surface area contributed by atoms with Crippen LogP contribution >= 0.6 is 0 Å². The lowest BCUT2D eigenvalue weighted by Crippen LogP contribution is -2.57. The molecule has 0 spiro atoms. The maximum Gasteiger partial charge on any atom is 0.417 e. The van der Waals surface area contributed by atoms with Crippen LogP contribution in [0.3, 0.4) is 0 Å². The summed E-state index contributed by atoms with van der Waals surface area (Å²) < 4.78 is 42.5. The van der Waals surface area contributed by atoms with Crippen molar-refractivity contribution in [3.63, 3.8) is 0 Å². The molecule has 0 bridgehead atoms. The molecule has 0 atom stereocenters. The van der Waals surface area contributed by atoms with Gasteiger partial charge in [0.2, 0.25) is 0 Å². The van der Waals surface area contributed by atoms with E-state index in [0.717, 1.165) is 24.7 Å². The highest BCUT2D eigenvalue weighted by atomic mass is 19.4. The minimum Gasteiger partial charge on any atom is -0.345 e. The van der Waals surface area contributed by atoms with Gasteiger partial charge in [-0.05, 0) is 19.2 Å². The fourth-order valence-corrected chi connectivity index (χ4v) is 4.04. The highest BCUT2D eigenvalue weighted by molar-refractivity contribution is 5.94. The number of rotatable bonds is 4. The van der Waals surface area contributed by atoms with E-state index in [-0.39, 0.29) is 28.9 Å². The zero-order valence-corrected chi connectivity index (χ0v) is 17.7. The Morgan fingerprint density at radius 2 is 1.73 bits per heavy atom. The van der Waals surface area contributed by atoms with Crippen LogP contribution in [0.15, 0.2) is 66.7 Å². The minimum absolute atomic E-state index is 0.0330. The van der Waals surface area contributed by atoms with Crippen molar-refractivity contribution in [2.24, 2.45) is 0 Å². The van der Waals surface area contributed by atoms with Gasteiger partial charge in [0.15, 0.2) is 11.3 Å². The summed E-state index contributed by atoms with van der Waals surface area (Å²) in [6, 6.07) is 17.6. The Kier molecular flexibility index (Phi) is 5.13. The van der Waals surface area contributed by atoms with Gasteiger partial charge >= 0.3 is 6.18 Å². The number of hydrogen-bond acceptors (Lipinski definition) is 4. The average molecular weight is 451 g/mol. The molecule has 2 aromatic heterocycles. The third-order valence-electron chi connectivity index (χ3n) is 5.64. The smallest absolute Gasteiger partial charge is 0.345 e. The van der Waals surface area contributed by atoms with Crippen molar-refractivity contribution in [1.29, 1.82) is 0 Å². The Labute approximate surface area is 187 Å². The number of halogens is 3. The predicted molar refractivity (Wildman–Crippen MR) is 118 cm³/mol. The standard InChI is InChI=1S/C24H20F3N5O/c1-31-13-16(14-31)28-23(33)20-12-22-29-19(17-9-5-6-10-18(17)24(25,26)27)11-21(32(22)30-20)15-7-3-2-4-8-15/h2-12,16H,13-14H2,1H3,(H,28,33). The molecular weight excluding hydrogens is 431 g/mol. The molecule has 9 heteroatoms. The number of likely N-dealkylation sites (tertiary alicyclic amines) is 1. The molecule has 4 aromatic rings. The molecule has 1 saturated heterocycles. The zero-order chi connectivity index (χ0) is 23.2. The van der Waals surface area contributed by atoms with Crippen molar-refractivity contribution < 1.29 is 18.0 Å². The fourth-order valence-electron chi connectivity index (χ4n) is 4.04. The Hall–Kier alpha value is -3.72. The number of likely N-dealkylation sites (N-methyl/N-ethyl adjacent to an activating group) is 1. The summed E-state index contributed by atoms with van der Waals surface area (Å²) in [4.78, 5) is 19.3. The molecule has 0 radical (unpaired) electrons. The van der Waals surface area contributed by atoms with E-state index in [2.05, 4.69) is 20.3 Å². The number of benzene rings is 2. The first-order chi connectivity index (χ1) is 15.8. The van der Waals surface area contributed by atoms with Gasteiger partial charge in [-0.3, -0.25) is 4.79 Å². The van der Waals surface area contributed by atoms with E-state index >= 15 is 0 Å². The molecule has 168 valence electrons. The van der Waals surface area contributed by atoms with Crippen molar-refractivity contribution in [3.8, 4) is 22.5 Å². The van der Waals surface area contributed by atoms with Crippen molar-refractivity contribution in [1.82, 2.24) is 24.8 Å². The lowest BCUT2D eigenvalue weighted by atomic mass is 10.0. The second kappa shape index (κ2) is 8.00. The van der Waals surface area contributed by atoms with Gasteiger partial charge in [-0.1, -0.05) is 48.5 Å². The van der Waals surface area contributed by atoms with E-state index in [9.17, 15) is 18.0 Å². The SMILES string of the molecule is CN1CC(NC(=O)c2cc3nc(-c4ccccc4C(F)(F)F)cc(-c4ccccc4)n3n2)C1. The molecule has 0 aliphatic carbocycles. The van der Waals surface area contributed by atoms with Crippen LogP contribution in [0.1, 0.15) is 16.1 Å². The Morgan fingerprint density at radius 1 is 1.03 bits per heavy atom. The molecule has 3 heterocycles. The van der Waals surface area contributed by atoms with E-state index in [1.54, 1.807) is 12.1 Å². The van der Waals surface area contributed by atoms with E-state index in [0.29, 0.717) is 11.3 Å². The van der Waals surface area contributed by atoms with Gasteiger partial charge in [-0.15, -0.1) is 0 Å². The first-order valence-electron chi connectivity index (χ1n) is 10.4. The molecule has 1 fully saturated rings. The summed E-state index contributed by atoms with van der Waals surface area (Å²) in [6.07, 6.45) is -4.53. The summed E-state index contributed by atoms with van der Waals surface area (Å²) in [5, 5.41) is 7.36. The Morgan fingerprint density at radius 3 is 2.42 bits per heavy atom. The highest BCUT2D eigenvalue weighted by Crippen LogP contribution is 2.37. The molecule has 0 unspecified atom stereocenters. The lowest BCUT2D eigenvalue weighted by molar-refractivity contribution is -0.137. The van der Waals surface area contributed by atoms with Gasteiger partial charge in [-0.2, -0.15) is 18.3 Å². The van der Waals surface area contributed by atoms with Crippen LogP contribution in [0.4, 0.5) is 13.2 Å². The molecule has 6 nitrogen and oxygen atoms in total. The monoisotopic (exact) mass is 451 g/mol. The van der Waals surface area contributed by atoms with E-state index in [1.165, 1.54) is 22.7 Å². The van der Waals surface area contributed by atoms with Crippen molar-refractivity contribution in [3.05, 3.63) is 78.0 Å². The number of carbonyl (C=O) groups is 1. The summed E-state index contributed by atoms with van der Waals surface area (Å²) in [5.41, 5.74) is 1.08. The summed E-state index contributed by atoms with van der Waals surface area (Å²) in [6.45, 7) is 1.51. The van der Waals surface area contributed by atoms with E-state index in [1.807, 2.05) is 37.4 Å². The topological polar surface area (TPSA) is 62.5 Å². The Bertz CT molecular complexity index is 1330. The third kappa shape index (κ3) is 4.07. The predicted octanol–water partition coefficient (Wildman–Crippen LogP) is 4.13. The number of amides is 1. The second-order valence-electron chi connectivity index (χ2n) is 8.13. The minimum atomic E-state index is -4.53. The normalized spacial score (nSPS) is 14.9. The van der Waals surface area contributed by atoms with Crippen LogP contribution in [0.2, 0.25) is 0 Å². The summed E-state index contributed by atoms with van der Waals surface area (Å²) in [5.74, 6) is -0.338. The maximum atomic E-state index is 13.7. The number of nitrogens with one attached hydrogen (secondary N) is 1. The molecular formula is C24H20F3N5O. The molecule has 5 rings (SSSR count). The van der Waals surface area contributed by atoms with Gasteiger partial charge in [-0.25, -0.2) is 9.50 Å². The number of hydrogen-bond donors (Lipinski definition) is 1. The summed E-state index contributed by atoms with van der Waals surface area (Å²) in [7, 11) is 1.96. The maximum absolute atomic E-state index is 13.7. The summed E-state index contributed by atoms with van der Waals surface area (Å²) >= 11 is 0. The van der Waals surface area contributed by atoms with Crippen LogP contribution in [-0.4, -0.2) is 51.6 Å². The van der Waals surface area contributed by atoms with E-state index < -0.39 is 11.7 Å². The lowest BCUT2D eigenvalue weighted by Gasteiger charge is -2.36. The zero-order valence-electron chi connectivity index (χ0n) is 17.7. The van der Waals surface area contributed by atoms with Crippen molar-refractivity contribution in [2.75, 3.05) is 20.1 Å². The first kappa shape index (κ1) is 21.1. The molecule has 1 amide bonds. The van der Waals surface area contributed by atoms with Gasteiger partial charge in [0.25, 0.3) is 5.91 Å². The quantitative estimate of drug-likeness (QED) is 0.507. The van der Waals surface area contributed by atoms with Crippen LogP contribution in [0, 0.1) is 0 Å². The van der Waals surface area contributed by atoms with Gasteiger partial charge in [0.05, 0.1) is 23.0 Å². The number of nitrogens with zero attached hydrogens (tertiary/aromatic N) is 4. The number of aromatic nitrogens is 3. The van der Waals surface area contributed by atoms with Gasteiger partial charge in [0.1, 0.15) is 0 Å². The molecule has 33 heavy (non-hydrogen) atoms. The molecule has 2 aromatic carbocycles. The largest absolute Gasteiger partial charge is 0.417 e. The molecule has 1 N–H and O–H groups in total. The molecule has 1 aliphatic rings. The van der Waals surface area contributed by atoms with Crippen LogP contribution < -0.4 is 5.32 Å². The first-order valence-corrected chi connectivity index (χ1v) is 10.4. The van der Waals surface area contributed by atoms with Crippen LogP contribution in [0.25, 0.3) is 28.2 Å². The fraction of sp³-hybridized carbons (Fsp3) is 0.208. The number of fused-ring (bicyclic) bond motifs is 1. The van der Waals surface area contributed by atoms with Crippen LogP contribution in [0.5, 0.6) is 0 Å². The van der Waals surface area contributed by atoms with Gasteiger partial charge in [0, 0.05) is 30.3 Å². The van der Waals surface area contributed by atoms with E-state index in [4.69, 9.17) is 0 Å². The van der Waals surface area contributed by atoms with Gasteiger partial charge < -0.3 is 10.2 Å². The third-order valence-corrected chi connectivity index (χ3v) is 5.64. The number of carbonyl (C=O) groups excluding carboxylic acids is 1. The highest BCUT2D eigenvalue weighted by Gasteiger charge is 2.34. The molecule has 0 saturated carbocycles. The molecule has 1 aliphatic heterocycles. The van der Waals surface area contributed by atoms with Crippen molar-refractivity contribution >= 4 is 11.6 Å². The van der Waals surface area contributed by atoms with Crippen molar-refractivity contribution in [2.45, 2.75) is 12.2 Å². The second-order valence-corrected chi connectivity index (χ2v) is 8.13. The Balaban J connectivity index is 1.65. The number of alkyl halides is 3. The van der Waals surface area contributed by atoms with Crippen LogP contribution in [-0.2, 0) is 6.18 Å².